The van der Waals surface area contributed by atoms with E-state index in [1.54, 1.807) is 12.3 Å². The highest BCUT2D eigenvalue weighted by molar-refractivity contribution is 9.13. The number of aryl methyl sites for hydroxylation is 1. The van der Waals surface area contributed by atoms with Crippen LogP contribution in [0.25, 0.3) is 0 Å². The summed E-state index contributed by atoms with van der Waals surface area (Å²) in [7, 11) is 0. The molecule has 0 aromatic carbocycles. The van der Waals surface area contributed by atoms with Crippen LogP contribution < -0.4 is 5.32 Å². The summed E-state index contributed by atoms with van der Waals surface area (Å²) in [5.74, 6) is 1.10. The van der Waals surface area contributed by atoms with Gasteiger partial charge in [-0.3, -0.25) is 4.79 Å². The number of thiophene rings is 1. The van der Waals surface area contributed by atoms with Crippen LogP contribution in [0.1, 0.15) is 21.3 Å². The Kier molecular flexibility index (Phi) is 4.01. The first-order valence-electron chi connectivity index (χ1n) is 4.70. The van der Waals surface area contributed by atoms with Gasteiger partial charge in [-0.25, -0.2) is 4.98 Å². The zero-order chi connectivity index (χ0) is 12.4. The van der Waals surface area contributed by atoms with Gasteiger partial charge in [0.2, 0.25) is 5.89 Å². The molecule has 0 aliphatic rings. The molecule has 4 nitrogen and oxygen atoms in total. The molecule has 0 fully saturated rings. The Hall–Kier alpha value is -0.660. The van der Waals surface area contributed by atoms with Gasteiger partial charge in [-0.05, 0) is 44.8 Å². The maximum absolute atomic E-state index is 11.8. The Morgan fingerprint density at radius 3 is 2.88 bits per heavy atom. The number of nitrogens with zero attached hydrogens (tertiary/aromatic N) is 1. The van der Waals surface area contributed by atoms with Crippen molar-refractivity contribution in [1.82, 2.24) is 10.3 Å². The first-order chi connectivity index (χ1) is 8.06. The second-order valence-corrected chi connectivity index (χ2v) is 6.50. The van der Waals surface area contributed by atoms with Gasteiger partial charge in [0.25, 0.3) is 5.91 Å². The quantitative estimate of drug-likeness (QED) is 0.887. The monoisotopic (exact) mass is 378 g/mol. The molecule has 2 heterocycles. The minimum Gasteiger partial charge on any atom is -0.444 e. The first-order valence-corrected chi connectivity index (χ1v) is 7.11. The van der Waals surface area contributed by atoms with Crippen LogP contribution in [-0.2, 0) is 6.54 Å². The number of rotatable bonds is 3. The van der Waals surface area contributed by atoms with Crippen LogP contribution in [0.5, 0.6) is 0 Å². The van der Waals surface area contributed by atoms with Gasteiger partial charge >= 0.3 is 0 Å². The van der Waals surface area contributed by atoms with E-state index in [0.29, 0.717) is 17.3 Å². The smallest absolute Gasteiger partial charge is 0.261 e. The largest absolute Gasteiger partial charge is 0.444 e. The van der Waals surface area contributed by atoms with Gasteiger partial charge in [0, 0.05) is 4.47 Å². The molecular formula is C10H8Br2N2O2S. The van der Waals surface area contributed by atoms with Gasteiger partial charge in [-0.1, -0.05) is 0 Å². The lowest BCUT2D eigenvalue weighted by Crippen LogP contribution is -2.21. The third-order valence-corrected chi connectivity index (χ3v) is 5.19. The molecule has 0 aliphatic heterocycles. The summed E-state index contributed by atoms with van der Waals surface area (Å²) in [4.78, 5) is 16.4. The van der Waals surface area contributed by atoms with Crippen LogP contribution >= 0.6 is 43.2 Å². The third-order valence-electron chi connectivity index (χ3n) is 1.94. The highest BCUT2D eigenvalue weighted by atomic mass is 79.9. The Morgan fingerprint density at radius 2 is 2.35 bits per heavy atom. The van der Waals surface area contributed by atoms with Crippen molar-refractivity contribution in [2.24, 2.45) is 0 Å². The maximum Gasteiger partial charge on any atom is 0.261 e. The maximum atomic E-state index is 11.8. The molecule has 0 bridgehead atoms. The summed E-state index contributed by atoms with van der Waals surface area (Å²) in [6, 6.07) is 1.77. The highest BCUT2D eigenvalue weighted by Crippen LogP contribution is 2.32. The lowest BCUT2D eigenvalue weighted by Gasteiger charge is -1.99. The Bertz CT molecular complexity index is 531. The van der Waals surface area contributed by atoms with Crippen LogP contribution in [0.15, 0.2) is 24.9 Å². The summed E-state index contributed by atoms with van der Waals surface area (Å²) in [6.45, 7) is 2.10. The lowest BCUT2D eigenvalue weighted by atomic mass is 10.4. The topological polar surface area (TPSA) is 55.1 Å². The molecule has 0 saturated carbocycles. The zero-order valence-corrected chi connectivity index (χ0v) is 12.8. The Balaban J connectivity index is 1.98. The summed E-state index contributed by atoms with van der Waals surface area (Å²) >= 11 is 8.05. The molecule has 1 amide bonds. The standard InChI is InChI=1S/C10H8Br2N2O2S/c1-5-3-13-8(16-5)4-14-10(15)7-2-6(11)9(12)17-7/h2-3H,4H2,1H3,(H,14,15). The van der Waals surface area contributed by atoms with Crippen molar-refractivity contribution < 1.29 is 9.21 Å². The van der Waals surface area contributed by atoms with Crippen LogP contribution in [-0.4, -0.2) is 10.9 Å². The van der Waals surface area contributed by atoms with E-state index in [9.17, 15) is 4.79 Å². The minimum absolute atomic E-state index is 0.141. The third kappa shape index (κ3) is 3.17. The van der Waals surface area contributed by atoms with Gasteiger partial charge in [-0.15, -0.1) is 11.3 Å². The minimum atomic E-state index is -0.141. The number of amides is 1. The molecule has 2 aromatic rings. The normalized spacial score (nSPS) is 10.5. The summed E-state index contributed by atoms with van der Waals surface area (Å²) in [6.07, 6.45) is 1.62. The van der Waals surface area contributed by atoms with E-state index < -0.39 is 0 Å². The van der Waals surface area contributed by atoms with Crippen molar-refractivity contribution in [1.29, 1.82) is 0 Å². The number of carbonyl (C=O) groups is 1. The average Bonchev–Trinajstić information content (AvgIpc) is 2.83. The molecule has 17 heavy (non-hydrogen) atoms. The van der Waals surface area contributed by atoms with E-state index in [1.807, 2.05) is 6.92 Å². The molecule has 0 spiro atoms. The predicted molar refractivity (Wildman–Crippen MR) is 72.1 cm³/mol. The fraction of sp³-hybridized carbons (Fsp3) is 0.200. The molecule has 90 valence electrons. The molecule has 0 aliphatic carbocycles. The van der Waals surface area contributed by atoms with Crippen molar-refractivity contribution >= 4 is 49.1 Å². The van der Waals surface area contributed by atoms with Crippen molar-refractivity contribution in [2.75, 3.05) is 0 Å². The van der Waals surface area contributed by atoms with Crippen LogP contribution in [0.2, 0.25) is 0 Å². The molecule has 1 N–H and O–H groups in total. The van der Waals surface area contributed by atoms with Crippen molar-refractivity contribution in [2.45, 2.75) is 13.5 Å². The Labute approximate surface area is 119 Å². The predicted octanol–water partition coefficient (Wildman–Crippen LogP) is 3.50. The summed E-state index contributed by atoms with van der Waals surface area (Å²) < 4.78 is 7.03. The summed E-state index contributed by atoms with van der Waals surface area (Å²) in [5, 5.41) is 2.74. The SMILES string of the molecule is Cc1cnc(CNC(=O)c2cc(Br)c(Br)s2)o1. The number of halogens is 2. The molecule has 0 radical (unpaired) electrons. The van der Waals surface area contributed by atoms with Crippen molar-refractivity contribution in [3.05, 3.63) is 37.1 Å². The number of oxazole rings is 1. The van der Waals surface area contributed by atoms with Gasteiger partial charge < -0.3 is 9.73 Å². The van der Waals surface area contributed by atoms with Gasteiger partial charge in [-0.2, -0.15) is 0 Å². The average molecular weight is 380 g/mol. The van der Waals surface area contributed by atoms with E-state index in [1.165, 1.54) is 11.3 Å². The van der Waals surface area contributed by atoms with Gasteiger partial charge in [0.05, 0.1) is 21.4 Å². The fourth-order valence-electron chi connectivity index (χ4n) is 1.18. The second kappa shape index (κ2) is 5.32. The molecule has 2 aromatic heterocycles. The molecule has 7 heteroatoms. The van der Waals surface area contributed by atoms with Crippen LogP contribution in [0.4, 0.5) is 0 Å². The first kappa shape index (κ1) is 12.8. The van der Waals surface area contributed by atoms with Crippen LogP contribution in [0, 0.1) is 6.92 Å². The van der Waals surface area contributed by atoms with Gasteiger partial charge in [0.15, 0.2) is 0 Å². The van der Waals surface area contributed by atoms with Crippen molar-refractivity contribution in [3.63, 3.8) is 0 Å². The second-order valence-electron chi connectivity index (χ2n) is 3.28. The Morgan fingerprint density at radius 1 is 1.59 bits per heavy atom. The van der Waals surface area contributed by atoms with E-state index in [-0.39, 0.29) is 5.91 Å². The van der Waals surface area contributed by atoms with Crippen LogP contribution in [0.3, 0.4) is 0 Å². The number of hydrogen-bond acceptors (Lipinski definition) is 4. The number of hydrogen-bond donors (Lipinski definition) is 1. The van der Waals surface area contributed by atoms with E-state index in [4.69, 9.17) is 4.42 Å². The number of aromatic nitrogens is 1. The lowest BCUT2D eigenvalue weighted by molar-refractivity contribution is 0.0951. The molecule has 0 atom stereocenters. The zero-order valence-electron chi connectivity index (χ0n) is 8.79. The van der Waals surface area contributed by atoms with E-state index in [2.05, 4.69) is 42.2 Å². The molecular weight excluding hydrogens is 372 g/mol. The van der Waals surface area contributed by atoms with E-state index in [0.717, 1.165) is 14.0 Å². The van der Waals surface area contributed by atoms with Gasteiger partial charge in [0.1, 0.15) is 5.76 Å². The molecule has 0 saturated heterocycles. The molecule has 0 unspecified atom stereocenters. The highest BCUT2D eigenvalue weighted by Gasteiger charge is 2.12. The van der Waals surface area contributed by atoms with E-state index >= 15 is 0 Å². The van der Waals surface area contributed by atoms with Crippen molar-refractivity contribution in [3.8, 4) is 0 Å². The number of nitrogens with one attached hydrogen (secondary N) is 1. The number of carbonyl (C=O) groups excluding carboxylic acids is 1. The summed E-state index contributed by atoms with van der Waals surface area (Å²) in [5.41, 5.74) is 0. The molecule has 2 rings (SSSR count). The fourth-order valence-corrected chi connectivity index (χ4v) is 3.14.